The minimum absolute atomic E-state index is 0.239. The lowest BCUT2D eigenvalue weighted by atomic mass is 10.1. The highest BCUT2D eigenvalue weighted by Gasteiger charge is 2.13. The van der Waals surface area contributed by atoms with Gasteiger partial charge in [-0.15, -0.1) is 0 Å². The van der Waals surface area contributed by atoms with E-state index in [9.17, 15) is 8.78 Å². The fourth-order valence-electron chi connectivity index (χ4n) is 2.60. The number of halogens is 2. The normalized spacial score (nSPS) is 13.0. The molecule has 5 nitrogen and oxygen atoms in total. The first-order valence-corrected chi connectivity index (χ1v) is 8.50. The number of aliphatic imine (C=N–C) groups is 1. The average Bonchev–Trinajstić information content (AvgIpc) is 3.10. The molecule has 26 heavy (non-hydrogen) atoms. The first-order chi connectivity index (χ1) is 12.7. The fraction of sp³-hybridized carbons (Fsp3) is 0.316. The van der Waals surface area contributed by atoms with Crippen molar-refractivity contribution < 1.29 is 18.3 Å². The highest BCUT2D eigenvalue weighted by Crippen LogP contribution is 2.32. The molecule has 2 aromatic carbocycles. The van der Waals surface area contributed by atoms with Gasteiger partial charge in [-0.3, -0.25) is 0 Å². The van der Waals surface area contributed by atoms with Gasteiger partial charge in [-0.1, -0.05) is 6.07 Å². The molecule has 0 unspecified atom stereocenters. The van der Waals surface area contributed by atoms with Crippen molar-refractivity contribution in [3.05, 3.63) is 59.2 Å². The molecule has 138 valence electrons. The molecule has 0 fully saturated rings. The smallest absolute Gasteiger partial charge is 0.231 e. The number of fused-ring (bicyclic) bond motifs is 1. The summed E-state index contributed by atoms with van der Waals surface area (Å²) in [4.78, 5) is 4.51. The summed E-state index contributed by atoms with van der Waals surface area (Å²) in [5.41, 5.74) is 1.33. The highest BCUT2D eigenvalue weighted by molar-refractivity contribution is 5.79. The zero-order valence-electron chi connectivity index (χ0n) is 14.5. The Morgan fingerprint density at radius 3 is 2.77 bits per heavy atom. The van der Waals surface area contributed by atoms with Crippen molar-refractivity contribution >= 4 is 5.96 Å². The van der Waals surface area contributed by atoms with Gasteiger partial charge in [0.1, 0.15) is 11.6 Å². The van der Waals surface area contributed by atoms with Crippen LogP contribution in [0.2, 0.25) is 0 Å². The standard InChI is InChI=1S/C19H21F2N3O2/c1-2-22-19(23-8-7-14-10-15(20)4-5-16(14)21)24-11-13-3-6-17-18(9-13)26-12-25-17/h3-6,9-10H,2,7-8,11-12H2,1H3,(H2,22,23,24). The third-order valence-electron chi connectivity index (χ3n) is 3.90. The Morgan fingerprint density at radius 2 is 1.92 bits per heavy atom. The maximum Gasteiger partial charge on any atom is 0.231 e. The second-order valence-electron chi connectivity index (χ2n) is 5.80. The van der Waals surface area contributed by atoms with Crippen LogP contribution in [0.25, 0.3) is 0 Å². The minimum atomic E-state index is -0.440. The van der Waals surface area contributed by atoms with Crippen LogP contribution in [0, 0.1) is 11.6 Å². The van der Waals surface area contributed by atoms with Gasteiger partial charge in [0.2, 0.25) is 6.79 Å². The largest absolute Gasteiger partial charge is 0.454 e. The topological polar surface area (TPSA) is 54.9 Å². The van der Waals surface area contributed by atoms with Crippen LogP contribution in [-0.4, -0.2) is 25.8 Å². The third-order valence-corrected chi connectivity index (χ3v) is 3.90. The number of nitrogens with zero attached hydrogens (tertiary/aromatic N) is 1. The van der Waals surface area contributed by atoms with Crippen molar-refractivity contribution in [1.29, 1.82) is 0 Å². The van der Waals surface area contributed by atoms with E-state index < -0.39 is 11.6 Å². The summed E-state index contributed by atoms with van der Waals surface area (Å²) in [6.45, 7) is 3.79. The lowest BCUT2D eigenvalue weighted by molar-refractivity contribution is 0.174. The number of ether oxygens (including phenoxy) is 2. The van der Waals surface area contributed by atoms with Crippen molar-refractivity contribution in [2.24, 2.45) is 4.99 Å². The van der Waals surface area contributed by atoms with Crippen LogP contribution in [0.4, 0.5) is 8.78 Å². The molecule has 0 radical (unpaired) electrons. The van der Waals surface area contributed by atoms with Gasteiger partial charge in [0.15, 0.2) is 17.5 Å². The molecule has 1 aliphatic rings. The number of rotatable bonds is 6. The van der Waals surface area contributed by atoms with E-state index in [0.717, 1.165) is 29.2 Å². The monoisotopic (exact) mass is 361 g/mol. The van der Waals surface area contributed by atoms with Crippen molar-refractivity contribution in [2.45, 2.75) is 19.9 Å². The lowest BCUT2D eigenvalue weighted by Gasteiger charge is -2.12. The lowest BCUT2D eigenvalue weighted by Crippen LogP contribution is -2.38. The minimum Gasteiger partial charge on any atom is -0.454 e. The SMILES string of the molecule is CCNC(=NCc1ccc2c(c1)OCO2)NCCc1cc(F)ccc1F. The van der Waals surface area contributed by atoms with E-state index in [1.165, 1.54) is 6.07 Å². The van der Waals surface area contributed by atoms with Crippen LogP contribution < -0.4 is 20.1 Å². The van der Waals surface area contributed by atoms with Crippen molar-refractivity contribution in [1.82, 2.24) is 10.6 Å². The molecular formula is C19H21F2N3O2. The zero-order chi connectivity index (χ0) is 18.4. The highest BCUT2D eigenvalue weighted by atomic mass is 19.1. The summed E-state index contributed by atoms with van der Waals surface area (Å²) >= 11 is 0. The van der Waals surface area contributed by atoms with Crippen molar-refractivity contribution in [2.75, 3.05) is 19.9 Å². The van der Waals surface area contributed by atoms with Crippen molar-refractivity contribution in [3.8, 4) is 11.5 Å². The number of nitrogens with one attached hydrogen (secondary N) is 2. The predicted octanol–water partition coefficient (Wildman–Crippen LogP) is 2.99. The van der Waals surface area contributed by atoms with E-state index in [4.69, 9.17) is 9.47 Å². The number of benzene rings is 2. The Bertz CT molecular complexity index is 796. The molecule has 2 aromatic rings. The second kappa shape index (κ2) is 8.51. The van der Waals surface area contributed by atoms with Crippen LogP contribution in [0.3, 0.4) is 0 Å². The average molecular weight is 361 g/mol. The maximum atomic E-state index is 13.7. The van der Waals surface area contributed by atoms with Crippen molar-refractivity contribution in [3.63, 3.8) is 0 Å². The molecule has 1 aliphatic heterocycles. The van der Waals surface area contributed by atoms with E-state index in [1.54, 1.807) is 0 Å². The number of guanidine groups is 1. The summed E-state index contributed by atoms with van der Waals surface area (Å²) in [5, 5.41) is 6.26. The molecule has 0 saturated heterocycles. The van der Waals surface area contributed by atoms with E-state index in [0.29, 0.717) is 37.6 Å². The van der Waals surface area contributed by atoms with E-state index in [2.05, 4.69) is 15.6 Å². The predicted molar refractivity (Wildman–Crippen MR) is 95.4 cm³/mol. The molecule has 3 rings (SSSR count). The Balaban J connectivity index is 1.57. The van der Waals surface area contributed by atoms with E-state index in [1.807, 2.05) is 25.1 Å². The van der Waals surface area contributed by atoms with Gasteiger partial charge in [0.05, 0.1) is 6.54 Å². The van der Waals surface area contributed by atoms with Gasteiger partial charge in [0.25, 0.3) is 0 Å². The molecule has 1 heterocycles. The van der Waals surface area contributed by atoms with Gasteiger partial charge < -0.3 is 20.1 Å². The van der Waals surface area contributed by atoms with Crippen LogP contribution in [-0.2, 0) is 13.0 Å². The first kappa shape index (κ1) is 18.0. The van der Waals surface area contributed by atoms with Gasteiger partial charge in [-0.2, -0.15) is 0 Å². The maximum absolute atomic E-state index is 13.7. The molecular weight excluding hydrogens is 340 g/mol. The Labute approximate surface area is 151 Å². The molecule has 0 bridgehead atoms. The molecule has 0 amide bonds. The quantitative estimate of drug-likeness (QED) is 0.614. The number of hydrogen-bond donors (Lipinski definition) is 2. The molecule has 2 N–H and O–H groups in total. The molecule has 0 aliphatic carbocycles. The van der Waals surface area contributed by atoms with Crippen LogP contribution >= 0.6 is 0 Å². The fourth-order valence-corrected chi connectivity index (χ4v) is 2.60. The van der Waals surface area contributed by atoms with Crippen LogP contribution in [0.5, 0.6) is 11.5 Å². The van der Waals surface area contributed by atoms with E-state index in [-0.39, 0.29) is 6.79 Å². The Kier molecular flexibility index (Phi) is 5.88. The Hall–Kier alpha value is -2.83. The Morgan fingerprint density at radius 1 is 1.08 bits per heavy atom. The second-order valence-corrected chi connectivity index (χ2v) is 5.80. The third kappa shape index (κ3) is 4.62. The van der Waals surface area contributed by atoms with Gasteiger partial charge in [0, 0.05) is 13.1 Å². The summed E-state index contributed by atoms with van der Waals surface area (Å²) < 4.78 is 37.5. The summed E-state index contributed by atoms with van der Waals surface area (Å²) in [7, 11) is 0. The van der Waals surface area contributed by atoms with Crippen LogP contribution in [0.15, 0.2) is 41.4 Å². The van der Waals surface area contributed by atoms with Gasteiger partial charge in [-0.05, 0) is 54.8 Å². The first-order valence-electron chi connectivity index (χ1n) is 8.50. The van der Waals surface area contributed by atoms with Gasteiger partial charge in [-0.25, -0.2) is 13.8 Å². The number of hydrogen-bond acceptors (Lipinski definition) is 3. The zero-order valence-corrected chi connectivity index (χ0v) is 14.5. The van der Waals surface area contributed by atoms with Gasteiger partial charge >= 0.3 is 0 Å². The molecule has 0 saturated carbocycles. The van der Waals surface area contributed by atoms with Crippen LogP contribution in [0.1, 0.15) is 18.1 Å². The molecule has 7 heteroatoms. The molecule has 0 aromatic heterocycles. The molecule has 0 atom stereocenters. The van der Waals surface area contributed by atoms with E-state index >= 15 is 0 Å². The summed E-state index contributed by atoms with van der Waals surface area (Å²) in [6, 6.07) is 9.17. The summed E-state index contributed by atoms with van der Waals surface area (Å²) in [6.07, 6.45) is 0.359. The molecule has 0 spiro atoms. The summed E-state index contributed by atoms with van der Waals surface area (Å²) in [5.74, 6) is 1.22.